The molecule has 1 aliphatic rings. The fourth-order valence-corrected chi connectivity index (χ4v) is 3.64. The van der Waals surface area contributed by atoms with Crippen LogP contribution in [0, 0.1) is 0 Å². The number of benzene rings is 1. The van der Waals surface area contributed by atoms with E-state index in [1.165, 1.54) is 0 Å². The van der Waals surface area contributed by atoms with Crippen LogP contribution in [-0.4, -0.2) is 21.8 Å². The highest BCUT2D eigenvalue weighted by atomic mass is 32.2. The molecule has 24 heavy (non-hydrogen) atoms. The molecule has 1 amide bonds. The van der Waals surface area contributed by atoms with Crippen molar-refractivity contribution in [1.82, 2.24) is 10.3 Å². The highest BCUT2D eigenvalue weighted by Gasteiger charge is 2.29. The van der Waals surface area contributed by atoms with Crippen LogP contribution in [0.5, 0.6) is 0 Å². The van der Waals surface area contributed by atoms with Crippen LogP contribution in [-0.2, 0) is 12.1 Å². The molecule has 0 saturated heterocycles. The Balaban J connectivity index is 1.68. The maximum absolute atomic E-state index is 12.3. The van der Waals surface area contributed by atoms with Crippen LogP contribution in [0.2, 0.25) is 0 Å². The number of amidine groups is 1. The molecule has 0 saturated carbocycles. The predicted molar refractivity (Wildman–Crippen MR) is 97.9 cm³/mol. The summed E-state index contributed by atoms with van der Waals surface area (Å²) in [6.45, 7) is 2.57. The number of nitrogens with zero attached hydrogens (tertiary/aromatic N) is 2. The maximum atomic E-state index is 12.3. The molecule has 1 aromatic heterocycles. The van der Waals surface area contributed by atoms with Crippen molar-refractivity contribution in [2.24, 2.45) is 10.7 Å². The van der Waals surface area contributed by atoms with Crippen LogP contribution in [0.1, 0.15) is 34.8 Å². The highest BCUT2D eigenvalue weighted by Crippen LogP contribution is 2.34. The molecule has 0 bridgehead atoms. The fraction of sp³-hybridized carbons (Fsp3) is 0.278. The van der Waals surface area contributed by atoms with Crippen LogP contribution >= 0.6 is 11.8 Å². The number of thioether (sulfide) groups is 1. The van der Waals surface area contributed by atoms with Gasteiger partial charge in [0.2, 0.25) is 0 Å². The second kappa shape index (κ2) is 7.05. The minimum absolute atomic E-state index is 0.0919. The van der Waals surface area contributed by atoms with E-state index in [4.69, 9.17) is 5.73 Å². The summed E-state index contributed by atoms with van der Waals surface area (Å²) < 4.78 is 0. The van der Waals surface area contributed by atoms with E-state index in [2.05, 4.69) is 22.2 Å². The molecule has 1 aliphatic heterocycles. The van der Waals surface area contributed by atoms with Gasteiger partial charge in [0.05, 0.1) is 5.54 Å². The monoisotopic (exact) mass is 340 g/mol. The third-order valence-corrected chi connectivity index (χ3v) is 4.96. The van der Waals surface area contributed by atoms with E-state index in [9.17, 15) is 4.79 Å². The van der Waals surface area contributed by atoms with Gasteiger partial charge in [0, 0.05) is 30.3 Å². The van der Waals surface area contributed by atoms with Crippen LogP contribution < -0.4 is 11.1 Å². The van der Waals surface area contributed by atoms with E-state index in [0.29, 0.717) is 17.3 Å². The molecule has 3 rings (SSSR count). The standard InChI is InChI=1S/C18H20N4OS/c1-18(8-11-24-17(19)22-18)15-4-2-14(3-5-15)16(23)21-12-13-6-9-20-10-7-13/h2-7,9-10H,8,11-12H2,1H3,(H2,19,22)(H,21,23). The highest BCUT2D eigenvalue weighted by molar-refractivity contribution is 8.13. The van der Waals surface area contributed by atoms with E-state index in [-0.39, 0.29) is 11.4 Å². The lowest BCUT2D eigenvalue weighted by Gasteiger charge is -2.29. The summed E-state index contributed by atoms with van der Waals surface area (Å²) in [6, 6.07) is 11.4. The third-order valence-electron chi connectivity index (χ3n) is 4.17. The quantitative estimate of drug-likeness (QED) is 0.897. The van der Waals surface area contributed by atoms with Crippen LogP contribution in [0.4, 0.5) is 0 Å². The number of aliphatic imine (C=N–C) groups is 1. The largest absolute Gasteiger partial charge is 0.379 e. The fourth-order valence-electron chi connectivity index (χ4n) is 2.66. The zero-order chi connectivity index (χ0) is 17.0. The first-order valence-electron chi connectivity index (χ1n) is 7.83. The van der Waals surface area contributed by atoms with Crippen molar-refractivity contribution in [3.8, 4) is 0 Å². The maximum Gasteiger partial charge on any atom is 0.251 e. The van der Waals surface area contributed by atoms with Gasteiger partial charge in [0.1, 0.15) is 0 Å². The van der Waals surface area contributed by atoms with Crippen molar-refractivity contribution in [2.75, 3.05) is 5.75 Å². The summed E-state index contributed by atoms with van der Waals surface area (Å²) in [4.78, 5) is 20.8. The molecule has 2 aromatic rings. The zero-order valence-corrected chi connectivity index (χ0v) is 14.3. The van der Waals surface area contributed by atoms with Crippen molar-refractivity contribution in [3.63, 3.8) is 0 Å². The lowest BCUT2D eigenvalue weighted by Crippen LogP contribution is -2.29. The topological polar surface area (TPSA) is 80.4 Å². The van der Waals surface area contributed by atoms with Crippen LogP contribution in [0.15, 0.2) is 53.8 Å². The van der Waals surface area contributed by atoms with E-state index in [1.54, 1.807) is 24.2 Å². The molecule has 6 heteroatoms. The van der Waals surface area contributed by atoms with E-state index in [0.717, 1.165) is 23.3 Å². The van der Waals surface area contributed by atoms with E-state index in [1.807, 2.05) is 36.4 Å². The van der Waals surface area contributed by atoms with E-state index < -0.39 is 0 Å². The minimum Gasteiger partial charge on any atom is -0.379 e. The Labute approximate surface area is 145 Å². The van der Waals surface area contributed by atoms with Gasteiger partial charge in [-0.25, -0.2) is 0 Å². The molecule has 1 atom stereocenters. The molecule has 0 fully saturated rings. The summed E-state index contributed by atoms with van der Waals surface area (Å²) in [7, 11) is 0. The summed E-state index contributed by atoms with van der Waals surface area (Å²) in [5.41, 5.74) is 8.30. The number of aromatic nitrogens is 1. The second-order valence-electron chi connectivity index (χ2n) is 5.94. The smallest absolute Gasteiger partial charge is 0.251 e. The van der Waals surface area contributed by atoms with Gasteiger partial charge >= 0.3 is 0 Å². The lowest BCUT2D eigenvalue weighted by atomic mass is 9.89. The molecule has 0 radical (unpaired) electrons. The number of carbonyl (C=O) groups is 1. The Morgan fingerprint density at radius 3 is 2.62 bits per heavy atom. The second-order valence-corrected chi connectivity index (χ2v) is 7.05. The van der Waals surface area contributed by atoms with Gasteiger partial charge in [0.25, 0.3) is 5.91 Å². The Bertz CT molecular complexity index is 745. The molecular weight excluding hydrogens is 320 g/mol. The first-order valence-corrected chi connectivity index (χ1v) is 8.81. The molecule has 1 unspecified atom stereocenters. The summed E-state index contributed by atoms with van der Waals surface area (Å²) in [5.74, 6) is 0.866. The van der Waals surface area contributed by atoms with Crippen molar-refractivity contribution < 1.29 is 4.79 Å². The van der Waals surface area contributed by atoms with Gasteiger partial charge in [-0.3, -0.25) is 14.8 Å². The number of hydrogen-bond acceptors (Lipinski definition) is 5. The van der Waals surface area contributed by atoms with Gasteiger partial charge in [-0.1, -0.05) is 23.9 Å². The summed E-state index contributed by atoms with van der Waals surface area (Å²) in [6.07, 6.45) is 4.36. The summed E-state index contributed by atoms with van der Waals surface area (Å²) in [5, 5.41) is 3.54. The van der Waals surface area contributed by atoms with Crippen molar-refractivity contribution in [3.05, 3.63) is 65.5 Å². The van der Waals surface area contributed by atoms with Gasteiger partial charge in [-0.15, -0.1) is 0 Å². The lowest BCUT2D eigenvalue weighted by molar-refractivity contribution is 0.0951. The predicted octanol–water partition coefficient (Wildman–Crippen LogP) is 2.68. The Kier molecular flexibility index (Phi) is 4.85. The third kappa shape index (κ3) is 3.76. The van der Waals surface area contributed by atoms with Gasteiger partial charge in [-0.05, 0) is 48.7 Å². The van der Waals surface area contributed by atoms with Crippen molar-refractivity contribution in [2.45, 2.75) is 25.4 Å². The first-order chi connectivity index (χ1) is 11.6. The molecular formula is C18H20N4OS. The molecule has 0 spiro atoms. The number of pyridine rings is 1. The molecule has 124 valence electrons. The first kappa shape index (κ1) is 16.5. The zero-order valence-electron chi connectivity index (χ0n) is 13.5. The normalized spacial score (nSPS) is 20.3. The average Bonchev–Trinajstić information content (AvgIpc) is 2.60. The molecule has 2 heterocycles. The minimum atomic E-state index is -0.304. The van der Waals surface area contributed by atoms with Crippen LogP contribution in [0.3, 0.4) is 0 Å². The number of hydrogen-bond donors (Lipinski definition) is 2. The summed E-state index contributed by atoms with van der Waals surface area (Å²) >= 11 is 1.59. The number of rotatable bonds is 4. The number of amides is 1. The molecule has 3 N–H and O–H groups in total. The Morgan fingerprint density at radius 2 is 1.96 bits per heavy atom. The Hall–Kier alpha value is -2.34. The number of nitrogens with two attached hydrogens (primary N) is 1. The van der Waals surface area contributed by atoms with Gasteiger partial charge < -0.3 is 11.1 Å². The molecule has 5 nitrogen and oxygen atoms in total. The Morgan fingerprint density at radius 1 is 1.25 bits per heavy atom. The van der Waals surface area contributed by atoms with E-state index >= 15 is 0 Å². The van der Waals surface area contributed by atoms with Crippen molar-refractivity contribution >= 4 is 22.8 Å². The van der Waals surface area contributed by atoms with Gasteiger partial charge in [-0.2, -0.15) is 0 Å². The number of nitrogens with one attached hydrogen (secondary N) is 1. The van der Waals surface area contributed by atoms with Crippen LogP contribution in [0.25, 0.3) is 0 Å². The SMILES string of the molecule is CC1(c2ccc(C(=O)NCc3ccncc3)cc2)CCSC(N)=N1. The number of carbonyl (C=O) groups excluding carboxylic acids is 1. The molecule has 0 aliphatic carbocycles. The average molecular weight is 340 g/mol. The van der Waals surface area contributed by atoms with Gasteiger partial charge in [0.15, 0.2) is 5.17 Å². The molecule has 1 aromatic carbocycles. The van der Waals surface area contributed by atoms with Crippen molar-refractivity contribution in [1.29, 1.82) is 0 Å².